The van der Waals surface area contributed by atoms with Crippen LogP contribution >= 0.6 is 0 Å². The van der Waals surface area contributed by atoms with Gasteiger partial charge in [0, 0.05) is 7.11 Å². The summed E-state index contributed by atoms with van der Waals surface area (Å²) in [5, 5.41) is 0. The van der Waals surface area contributed by atoms with Crippen molar-refractivity contribution in [1.29, 1.82) is 0 Å². The van der Waals surface area contributed by atoms with E-state index in [2.05, 4.69) is 19.9 Å². The zero-order valence-corrected chi connectivity index (χ0v) is 7.22. The predicted octanol–water partition coefficient (Wildman–Crippen LogP) is 2.46. The minimum Gasteiger partial charge on any atom is -0.374 e. The summed E-state index contributed by atoms with van der Waals surface area (Å²) >= 11 is 0. The zero-order chi connectivity index (χ0) is 8.27. The first-order valence-electron chi connectivity index (χ1n) is 3.68. The van der Waals surface area contributed by atoms with Crippen LogP contribution in [0.2, 0.25) is 0 Å². The smallest absolute Gasteiger partial charge is 0.113 e. The molecule has 0 saturated heterocycles. The van der Waals surface area contributed by atoms with Crippen LogP contribution in [0.3, 0.4) is 0 Å². The van der Waals surface area contributed by atoms with Crippen LogP contribution in [0.15, 0.2) is 18.2 Å². The van der Waals surface area contributed by atoms with Crippen molar-refractivity contribution in [3.63, 3.8) is 0 Å². The fourth-order valence-electron chi connectivity index (χ4n) is 1.03. The van der Waals surface area contributed by atoms with Gasteiger partial charge in [-0.1, -0.05) is 18.2 Å². The highest BCUT2D eigenvalue weighted by molar-refractivity contribution is 5.36. The van der Waals surface area contributed by atoms with E-state index in [4.69, 9.17) is 4.74 Å². The molecule has 0 amide bonds. The summed E-state index contributed by atoms with van der Waals surface area (Å²) in [6, 6.07) is 6.18. The Morgan fingerprint density at radius 1 is 1.27 bits per heavy atom. The molecule has 0 N–H and O–H groups in total. The molecule has 0 saturated carbocycles. The Labute approximate surface area is 68.0 Å². The van der Waals surface area contributed by atoms with Gasteiger partial charge < -0.3 is 4.74 Å². The molecule has 0 heterocycles. The summed E-state index contributed by atoms with van der Waals surface area (Å²) < 4.78 is 4.94. The molecule has 1 aromatic carbocycles. The third kappa shape index (κ3) is 1.81. The summed E-state index contributed by atoms with van der Waals surface area (Å²) in [6.07, 6.45) is 0. The van der Waals surface area contributed by atoms with Crippen LogP contribution in [0.1, 0.15) is 16.7 Å². The molecule has 0 atom stereocenters. The summed E-state index contributed by atoms with van der Waals surface area (Å²) in [4.78, 5) is 0. The first-order valence-corrected chi connectivity index (χ1v) is 3.68. The minimum absolute atomic E-state index is 1.16. The number of rotatable bonds is 2. The van der Waals surface area contributed by atoms with Crippen molar-refractivity contribution in [2.24, 2.45) is 0 Å². The molecule has 0 spiro atoms. The molecule has 1 heteroatoms. The van der Waals surface area contributed by atoms with E-state index in [1.807, 2.05) is 12.1 Å². The zero-order valence-electron chi connectivity index (χ0n) is 7.22. The minimum atomic E-state index is 1.16. The number of hydrogen-bond donors (Lipinski definition) is 0. The Hall–Kier alpha value is -0.820. The summed E-state index contributed by atoms with van der Waals surface area (Å²) in [7, 11) is 1.67. The van der Waals surface area contributed by atoms with Gasteiger partial charge in [0.15, 0.2) is 0 Å². The molecule has 1 aromatic rings. The number of benzene rings is 1. The Balaban J connectivity index is 2.96. The summed E-state index contributed by atoms with van der Waals surface area (Å²) in [5.74, 6) is 0. The van der Waals surface area contributed by atoms with Crippen LogP contribution < -0.4 is 0 Å². The topological polar surface area (TPSA) is 9.23 Å². The van der Waals surface area contributed by atoms with Gasteiger partial charge in [-0.15, -0.1) is 0 Å². The highest BCUT2D eigenvalue weighted by atomic mass is 16.5. The van der Waals surface area contributed by atoms with Crippen molar-refractivity contribution in [2.45, 2.75) is 13.8 Å². The van der Waals surface area contributed by atoms with E-state index in [0.29, 0.717) is 0 Å². The maximum absolute atomic E-state index is 4.94. The molecule has 11 heavy (non-hydrogen) atoms. The van der Waals surface area contributed by atoms with E-state index < -0.39 is 0 Å². The van der Waals surface area contributed by atoms with Crippen LogP contribution in [0, 0.1) is 20.5 Å². The van der Waals surface area contributed by atoms with E-state index in [1.165, 1.54) is 11.1 Å². The maximum atomic E-state index is 4.94. The number of hydrogen-bond acceptors (Lipinski definition) is 1. The van der Waals surface area contributed by atoms with Crippen LogP contribution in [0.5, 0.6) is 0 Å². The van der Waals surface area contributed by atoms with Crippen molar-refractivity contribution >= 4 is 0 Å². The van der Waals surface area contributed by atoms with Crippen LogP contribution in [0.25, 0.3) is 0 Å². The van der Waals surface area contributed by atoms with Gasteiger partial charge in [-0.05, 0) is 30.5 Å². The lowest BCUT2D eigenvalue weighted by molar-refractivity contribution is 0.292. The SMILES string of the molecule is CO[CH]c1cccc(C)c1C. The highest BCUT2D eigenvalue weighted by Gasteiger charge is 1.98. The lowest BCUT2D eigenvalue weighted by Crippen LogP contribution is -1.90. The quantitative estimate of drug-likeness (QED) is 0.627. The molecule has 0 fully saturated rings. The average Bonchev–Trinajstić information content (AvgIpc) is 1.99. The molecule has 0 aliphatic carbocycles. The van der Waals surface area contributed by atoms with Gasteiger partial charge in [0.1, 0.15) is 6.61 Å². The van der Waals surface area contributed by atoms with Gasteiger partial charge in [0.25, 0.3) is 0 Å². The molecule has 0 unspecified atom stereocenters. The van der Waals surface area contributed by atoms with Gasteiger partial charge in [-0.25, -0.2) is 0 Å². The van der Waals surface area contributed by atoms with Gasteiger partial charge in [-0.3, -0.25) is 0 Å². The number of ether oxygens (including phenoxy) is 1. The van der Waals surface area contributed by atoms with Crippen LogP contribution in [0.4, 0.5) is 0 Å². The van der Waals surface area contributed by atoms with E-state index in [9.17, 15) is 0 Å². The molecule has 59 valence electrons. The molecular formula is C10H13O. The number of methoxy groups -OCH3 is 1. The largest absolute Gasteiger partial charge is 0.374 e. The normalized spacial score (nSPS) is 10.1. The standard InChI is InChI=1S/C10H13O/c1-8-5-4-6-10(7-11-3)9(8)2/h4-7H,1-3H3. The Bertz CT molecular complexity index is 241. The lowest BCUT2D eigenvalue weighted by Gasteiger charge is -2.05. The third-order valence-corrected chi connectivity index (χ3v) is 1.89. The van der Waals surface area contributed by atoms with Gasteiger partial charge in [-0.2, -0.15) is 0 Å². The average molecular weight is 149 g/mol. The van der Waals surface area contributed by atoms with Gasteiger partial charge in [0.2, 0.25) is 0 Å². The van der Waals surface area contributed by atoms with Crippen molar-refractivity contribution < 1.29 is 4.74 Å². The van der Waals surface area contributed by atoms with E-state index >= 15 is 0 Å². The Morgan fingerprint density at radius 3 is 2.64 bits per heavy atom. The third-order valence-electron chi connectivity index (χ3n) is 1.89. The fourth-order valence-corrected chi connectivity index (χ4v) is 1.03. The Morgan fingerprint density at radius 2 is 2.00 bits per heavy atom. The van der Waals surface area contributed by atoms with Crippen molar-refractivity contribution in [2.75, 3.05) is 7.11 Å². The summed E-state index contributed by atoms with van der Waals surface area (Å²) in [5.41, 5.74) is 3.75. The van der Waals surface area contributed by atoms with Gasteiger partial charge in [0.05, 0.1) is 0 Å². The molecule has 1 rings (SSSR count). The second kappa shape index (κ2) is 3.54. The fraction of sp³-hybridized carbons (Fsp3) is 0.300. The molecular weight excluding hydrogens is 136 g/mol. The molecule has 0 bridgehead atoms. The van der Waals surface area contributed by atoms with E-state index in [1.54, 1.807) is 13.7 Å². The molecule has 0 aromatic heterocycles. The van der Waals surface area contributed by atoms with Crippen molar-refractivity contribution in [3.05, 3.63) is 41.5 Å². The number of aryl methyl sites for hydroxylation is 1. The van der Waals surface area contributed by atoms with Crippen molar-refractivity contribution in [3.8, 4) is 0 Å². The monoisotopic (exact) mass is 149 g/mol. The first kappa shape index (κ1) is 8.28. The molecule has 1 nitrogen and oxygen atoms in total. The van der Waals surface area contributed by atoms with E-state index in [-0.39, 0.29) is 0 Å². The highest BCUT2D eigenvalue weighted by Crippen LogP contribution is 2.13. The second-order valence-corrected chi connectivity index (χ2v) is 2.64. The second-order valence-electron chi connectivity index (χ2n) is 2.64. The predicted molar refractivity (Wildman–Crippen MR) is 46.3 cm³/mol. The molecule has 0 aliphatic heterocycles. The Kier molecular flexibility index (Phi) is 2.66. The first-order chi connectivity index (χ1) is 5.25. The molecule has 0 aliphatic rings. The molecule has 1 radical (unpaired) electrons. The van der Waals surface area contributed by atoms with Gasteiger partial charge >= 0.3 is 0 Å². The summed E-state index contributed by atoms with van der Waals surface area (Å²) in [6.45, 7) is 5.96. The van der Waals surface area contributed by atoms with E-state index in [0.717, 1.165) is 5.56 Å². The lowest BCUT2D eigenvalue weighted by atomic mass is 10.0. The van der Waals surface area contributed by atoms with Crippen LogP contribution in [-0.2, 0) is 4.74 Å². The van der Waals surface area contributed by atoms with Crippen LogP contribution in [-0.4, -0.2) is 7.11 Å². The van der Waals surface area contributed by atoms with Crippen molar-refractivity contribution in [1.82, 2.24) is 0 Å². The maximum Gasteiger partial charge on any atom is 0.113 e.